The van der Waals surface area contributed by atoms with E-state index >= 15 is 0 Å². The molecule has 1 atom stereocenters. The number of carbonyl (C=O) groups excluding carboxylic acids is 2. The molecule has 10 nitrogen and oxygen atoms in total. The minimum Gasteiger partial charge on any atom is -0.365 e. The number of pyridine rings is 1. The molecule has 0 aliphatic carbocycles. The third kappa shape index (κ3) is 4.60. The lowest BCUT2D eigenvalue weighted by Gasteiger charge is -2.39. The van der Waals surface area contributed by atoms with Crippen molar-refractivity contribution in [1.82, 2.24) is 19.5 Å². The van der Waals surface area contributed by atoms with Crippen LogP contribution in [0.15, 0.2) is 37.1 Å². The Balaban J connectivity index is 1.66. The molecule has 0 spiro atoms. The first kappa shape index (κ1) is 21.7. The monoisotopic (exact) mass is 416 g/mol. The van der Waals surface area contributed by atoms with E-state index in [0.717, 1.165) is 11.3 Å². The van der Waals surface area contributed by atoms with Gasteiger partial charge in [0.25, 0.3) is 11.7 Å². The molecule has 2 aromatic rings. The molecule has 3 heterocycles. The van der Waals surface area contributed by atoms with E-state index in [0.29, 0.717) is 26.2 Å². The zero-order valence-electron chi connectivity index (χ0n) is 17.2. The molecule has 2 amide bonds. The van der Waals surface area contributed by atoms with Crippen LogP contribution in [0.5, 0.6) is 0 Å². The van der Waals surface area contributed by atoms with Gasteiger partial charge in [-0.25, -0.2) is 4.98 Å². The number of piperazine rings is 1. The highest BCUT2D eigenvalue weighted by Crippen LogP contribution is 2.26. The highest BCUT2D eigenvalue weighted by Gasteiger charge is 2.47. The number of aliphatic hydroxyl groups is 2. The molecule has 1 aliphatic rings. The van der Waals surface area contributed by atoms with E-state index in [1.54, 1.807) is 23.6 Å². The van der Waals surface area contributed by atoms with Gasteiger partial charge in [0.05, 0.1) is 25.0 Å². The molecular formula is C20H28N6O4. The van der Waals surface area contributed by atoms with E-state index < -0.39 is 23.5 Å². The number of nitrogens with zero attached hydrogens (tertiary/aromatic N) is 5. The number of rotatable bonds is 7. The van der Waals surface area contributed by atoms with E-state index in [1.165, 1.54) is 0 Å². The summed E-state index contributed by atoms with van der Waals surface area (Å²) in [7, 11) is 0. The van der Waals surface area contributed by atoms with E-state index in [4.69, 9.17) is 5.73 Å². The second-order valence-corrected chi connectivity index (χ2v) is 7.93. The molecule has 2 aromatic heterocycles. The molecule has 0 saturated carbocycles. The first-order valence-corrected chi connectivity index (χ1v) is 9.93. The van der Waals surface area contributed by atoms with E-state index in [1.807, 2.05) is 41.9 Å². The summed E-state index contributed by atoms with van der Waals surface area (Å²) in [6, 6.07) is 3.76. The van der Waals surface area contributed by atoms with Crippen molar-refractivity contribution in [2.45, 2.75) is 26.1 Å². The summed E-state index contributed by atoms with van der Waals surface area (Å²) < 4.78 is 1.88. The zero-order chi connectivity index (χ0) is 21.9. The lowest BCUT2D eigenvalue weighted by molar-refractivity contribution is -0.209. The Bertz CT molecular complexity index is 874. The molecule has 0 bridgehead atoms. The number of aromatic nitrogens is 3. The Labute approximate surface area is 174 Å². The van der Waals surface area contributed by atoms with Crippen LogP contribution in [0.1, 0.15) is 20.3 Å². The molecular weight excluding hydrogens is 388 g/mol. The van der Waals surface area contributed by atoms with Gasteiger partial charge in [0.1, 0.15) is 12.2 Å². The first-order valence-electron chi connectivity index (χ1n) is 9.93. The van der Waals surface area contributed by atoms with Gasteiger partial charge < -0.3 is 25.9 Å². The van der Waals surface area contributed by atoms with Gasteiger partial charge in [-0.1, -0.05) is 13.8 Å². The quantitative estimate of drug-likeness (QED) is 0.520. The van der Waals surface area contributed by atoms with Gasteiger partial charge in [-0.2, -0.15) is 0 Å². The van der Waals surface area contributed by atoms with Crippen molar-refractivity contribution in [2.24, 2.45) is 17.6 Å². The molecule has 0 aromatic carbocycles. The largest absolute Gasteiger partial charge is 0.365 e. The van der Waals surface area contributed by atoms with Crippen molar-refractivity contribution in [3.63, 3.8) is 0 Å². The first-order chi connectivity index (χ1) is 14.2. The van der Waals surface area contributed by atoms with Crippen LogP contribution in [0.4, 0.5) is 0 Å². The SMILES string of the molecule is CC(C)CC(C(=O)N1CCN(n2cnc(-c3ccncc3)c2)CC1)C(O)(O)C(N)=O. The van der Waals surface area contributed by atoms with Gasteiger partial charge in [-0.3, -0.25) is 19.2 Å². The Morgan fingerprint density at radius 3 is 2.37 bits per heavy atom. The smallest absolute Gasteiger partial charge is 0.278 e. The van der Waals surface area contributed by atoms with E-state index in [2.05, 4.69) is 9.97 Å². The van der Waals surface area contributed by atoms with Gasteiger partial charge >= 0.3 is 0 Å². The lowest BCUT2D eigenvalue weighted by atomic mass is 9.87. The van der Waals surface area contributed by atoms with Gasteiger partial charge in [0.2, 0.25) is 5.91 Å². The van der Waals surface area contributed by atoms with Crippen molar-refractivity contribution in [2.75, 3.05) is 31.2 Å². The van der Waals surface area contributed by atoms with Crippen LogP contribution >= 0.6 is 0 Å². The maximum Gasteiger partial charge on any atom is 0.278 e. The van der Waals surface area contributed by atoms with Crippen molar-refractivity contribution < 1.29 is 19.8 Å². The number of imidazole rings is 1. The number of hydrogen-bond acceptors (Lipinski definition) is 7. The minimum absolute atomic E-state index is 0.0178. The van der Waals surface area contributed by atoms with Crippen LogP contribution < -0.4 is 10.7 Å². The Morgan fingerprint density at radius 1 is 1.17 bits per heavy atom. The summed E-state index contributed by atoms with van der Waals surface area (Å²) in [4.78, 5) is 34.5. The van der Waals surface area contributed by atoms with Crippen molar-refractivity contribution in [3.05, 3.63) is 37.1 Å². The average molecular weight is 416 g/mol. The van der Waals surface area contributed by atoms with Crippen LogP contribution in [0.3, 0.4) is 0 Å². The fraction of sp³-hybridized carbons (Fsp3) is 0.500. The predicted octanol–water partition coefficient (Wildman–Crippen LogP) is -0.446. The molecule has 162 valence electrons. The lowest BCUT2D eigenvalue weighted by Crippen LogP contribution is -2.59. The van der Waals surface area contributed by atoms with Crippen molar-refractivity contribution in [1.29, 1.82) is 0 Å². The summed E-state index contributed by atoms with van der Waals surface area (Å²) >= 11 is 0. The molecule has 1 aliphatic heterocycles. The van der Waals surface area contributed by atoms with Crippen LogP contribution in [0.2, 0.25) is 0 Å². The molecule has 0 radical (unpaired) electrons. The second kappa shape index (κ2) is 8.80. The molecule has 10 heteroatoms. The van der Waals surface area contributed by atoms with Gasteiger partial charge in [0.15, 0.2) is 0 Å². The number of amides is 2. The minimum atomic E-state index is -2.87. The third-order valence-electron chi connectivity index (χ3n) is 5.29. The summed E-state index contributed by atoms with van der Waals surface area (Å²) in [6.45, 7) is 5.51. The van der Waals surface area contributed by atoms with Crippen LogP contribution in [0, 0.1) is 11.8 Å². The van der Waals surface area contributed by atoms with Crippen molar-refractivity contribution >= 4 is 11.8 Å². The van der Waals surface area contributed by atoms with Gasteiger partial charge in [-0.15, -0.1) is 0 Å². The Kier molecular flexibility index (Phi) is 6.37. The van der Waals surface area contributed by atoms with E-state index in [9.17, 15) is 19.8 Å². The predicted molar refractivity (Wildman–Crippen MR) is 109 cm³/mol. The van der Waals surface area contributed by atoms with E-state index in [-0.39, 0.29) is 12.3 Å². The molecule has 30 heavy (non-hydrogen) atoms. The Morgan fingerprint density at radius 2 is 1.80 bits per heavy atom. The fourth-order valence-electron chi connectivity index (χ4n) is 3.59. The number of hydrogen-bond donors (Lipinski definition) is 3. The normalized spacial score (nSPS) is 16.0. The summed E-state index contributed by atoms with van der Waals surface area (Å²) in [5.74, 6) is -5.98. The van der Waals surface area contributed by atoms with Crippen molar-refractivity contribution in [3.8, 4) is 11.3 Å². The second-order valence-electron chi connectivity index (χ2n) is 7.93. The third-order valence-corrected chi connectivity index (χ3v) is 5.29. The fourth-order valence-corrected chi connectivity index (χ4v) is 3.59. The summed E-state index contributed by atoms with van der Waals surface area (Å²) in [6.07, 6.45) is 7.19. The summed E-state index contributed by atoms with van der Waals surface area (Å²) in [5, 5.41) is 22.3. The summed E-state index contributed by atoms with van der Waals surface area (Å²) in [5.41, 5.74) is 6.91. The highest BCUT2D eigenvalue weighted by atomic mass is 16.5. The molecule has 1 saturated heterocycles. The van der Waals surface area contributed by atoms with Gasteiger partial charge in [-0.05, 0) is 24.5 Å². The van der Waals surface area contributed by atoms with Crippen LogP contribution in [-0.2, 0) is 9.59 Å². The number of nitrogens with two attached hydrogens (primary N) is 1. The number of carbonyl (C=O) groups is 2. The maximum atomic E-state index is 13.0. The number of primary amides is 1. The van der Waals surface area contributed by atoms with Crippen LogP contribution in [-0.4, -0.2) is 73.5 Å². The molecule has 4 N–H and O–H groups in total. The zero-order valence-corrected chi connectivity index (χ0v) is 17.2. The highest BCUT2D eigenvalue weighted by molar-refractivity contribution is 5.90. The molecule has 3 rings (SSSR count). The topological polar surface area (TPSA) is 138 Å². The van der Waals surface area contributed by atoms with Crippen LogP contribution in [0.25, 0.3) is 11.3 Å². The Hall–Kier alpha value is -2.98. The molecule has 1 unspecified atom stereocenters. The molecule has 1 fully saturated rings. The standard InChI is InChI=1S/C20H28N6O4/c1-14(2)11-16(20(29,30)19(21)28)18(27)24-7-9-25(10-8-24)26-12-17(23-13-26)15-3-5-22-6-4-15/h3-6,12-14,16,29-30H,7-11H2,1-2H3,(H2,21,28). The maximum absolute atomic E-state index is 13.0. The van der Waals surface area contributed by atoms with Gasteiger partial charge in [0, 0.05) is 31.0 Å². The average Bonchev–Trinajstić information content (AvgIpc) is 3.22.